The molecule has 25 heavy (non-hydrogen) atoms. The van der Waals surface area contributed by atoms with Crippen molar-refractivity contribution in [1.29, 1.82) is 5.26 Å². The summed E-state index contributed by atoms with van der Waals surface area (Å²) in [7, 11) is 3.18. The van der Waals surface area contributed by atoms with E-state index in [9.17, 15) is 5.26 Å². The van der Waals surface area contributed by atoms with Crippen molar-refractivity contribution in [2.75, 3.05) is 14.2 Å². The fraction of sp³-hybridized carbons (Fsp3) is 0.143. The van der Waals surface area contributed by atoms with E-state index in [1.54, 1.807) is 14.2 Å². The Labute approximate surface area is 146 Å². The number of hydrogen-bond donors (Lipinski definition) is 0. The van der Waals surface area contributed by atoms with Crippen LogP contribution in [0, 0.1) is 11.3 Å². The third kappa shape index (κ3) is 2.33. The minimum absolute atomic E-state index is 0.357. The number of pyridine rings is 1. The first kappa shape index (κ1) is 15.2. The summed E-state index contributed by atoms with van der Waals surface area (Å²) in [4.78, 5) is 4.64. The summed E-state index contributed by atoms with van der Waals surface area (Å²) in [5, 5.41) is 9.77. The zero-order valence-corrected chi connectivity index (χ0v) is 14.0. The third-order valence-electron chi connectivity index (χ3n) is 4.57. The Morgan fingerprint density at radius 2 is 1.88 bits per heavy atom. The second-order valence-electron chi connectivity index (χ2n) is 5.88. The molecule has 1 aromatic heterocycles. The monoisotopic (exact) mass is 328 g/mol. The first-order valence-corrected chi connectivity index (χ1v) is 8.00. The van der Waals surface area contributed by atoms with Crippen molar-refractivity contribution in [3.8, 4) is 40.1 Å². The average Bonchev–Trinajstić information content (AvgIpc) is 3.04. The van der Waals surface area contributed by atoms with E-state index >= 15 is 0 Å². The van der Waals surface area contributed by atoms with Gasteiger partial charge in [0.05, 0.1) is 19.9 Å². The molecule has 1 aliphatic rings. The van der Waals surface area contributed by atoms with Gasteiger partial charge in [0.1, 0.15) is 17.4 Å². The Morgan fingerprint density at radius 3 is 2.64 bits per heavy atom. The Bertz CT molecular complexity index is 1020. The lowest BCUT2D eigenvalue weighted by molar-refractivity contribution is 0.397. The predicted molar refractivity (Wildman–Crippen MR) is 95.7 cm³/mol. The van der Waals surface area contributed by atoms with Gasteiger partial charge in [-0.3, -0.25) is 0 Å². The molecule has 0 atom stereocenters. The molecule has 1 aliphatic carbocycles. The van der Waals surface area contributed by atoms with Gasteiger partial charge >= 0.3 is 0 Å². The van der Waals surface area contributed by atoms with Crippen LogP contribution in [0.1, 0.15) is 16.7 Å². The molecule has 0 spiro atoms. The highest BCUT2D eigenvalue weighted by atomic mass is 16.5. The van der Waals surface area contributed by atoms with Crippen LogP contribution in [0.25, 0.3) is 22.4 Å². The maximum atomic E-state index is 9.77. The lowest BCUT2D eigenvalue weighted by Crippen LogP contribution is -2.01. The first-order chi connectivity index (χ1) is 12.3. The Kier molecular flexibility index (Phi) is 3.62. The molecule has 0 N–H and O–H groups in total. The number of methoxy groups -OCH3 is 2. The quantitative estimate of drug-likeness (QED) is 0.565. The van der Waals surface area contributed by atoms with Gasteiger partial charge in [-0.1, -0.05) is 36.4 Å². The molecule has 4 heteroatoms. The number of nitrogens with zero attached hydrogens (tertiary/aromatic N) is 2. The standard InChI is InChI=1S/C21H16N2O2/c1-24-15-8-5-7-14(10-15)19-17-11-13-6-3-4-9-16(13)20(17)23-21(25-2)18(19)12-22/h3-10H,11H2,1-2H3. The summed E-state index contributed by atoms with van der Waals surface area (Å²) in [6.45, 7) is 0. The first-order valence-electron chi connectivity index (χ1n) is 8.00. The van der Waals surface area contributed by atoms with Gasteiger partial charge in [-0.05, 0) is 28.8 Å². The van der Waals surface area contributed by atoms with Crippen molar-refractivity contribution in [2.24, 2.45) is 0 Å². The van der Waals surface area contributed by atoms with Crippen LogP contribution < -0.4 is 9.47 Å². The van der Waals surface area contributed by atoms with Crippen molar-refractivity contribution >= 4 is 0 Å². The van der Waals surface area contributed by atoms with Crippen LogP contribution in [0.15, 0.2) is 48.5 Å². The molecule has 4 rings (SSSR count). The molecule has 0 unspecified atom stereocenters. The number of nitriles is 1. The largest absolute Gasteiger partial charge is 0.497 e. The van der Waals surface area contributed by atoms with Gasteiger partial charge in [0, 0.05) is 17.5 Å². The highest BCUT2D eigenvalue weighted by Crippen LogP contribution is 2.44. The summed E-state index contributed by atoms with van der Waals surface area (Å²) in [5.41, 5.74) is 6.54. The van der Waals surface area contributed by atoms with Crippen LogP contribution in [0.5, 0.6) is 11.6 Å². The Morgan fingerprint density at radius 1 is 1.04 bits per heavy atom. The average molecular weight is 328 g/mol. The second-order valence-corrected chi connectivity index (χ2v) is 5.88. The van der Waals surface area contributed by atoms with E-state index < -0.39 is 0 Å². The molecule has 4 nitrogen and oxygen atoms in total. The fourth-order valence-electron chi connectivity index (χ4n) is 3.44. The Hall–Kier alpha value is -3.32. The summed E-state index contributed by atoms with van der Waals surface area (Å²) in [6, 6.07) is 18.2. The third-order valence-corrected chi connectivity index (χ3v) is 4.57. The number of hydrogen-bond acceptors (Lipinski definition) is 4. The van der Waals surface area contributed by atoms with Crippen LogP contribution in [0.4, 0.5) is 0 Å². The zero-order chi connectivity index (χ0) is 17.4. The van der Waals surface area contributed by atoms with E-state index in [1.165, 1.54) is 5.56 Å². The Balaban J connectivity index is 2.05. The number of rotatable bonds is 3. The van der Waals surface area contributed by atoms with Crippen molar-refractivity contribution < 1.29 is 9.47 Å². The van der Waals surface area contributed by atoms with E-state index in [0.717, 1.165) is 40.1 Å². The molecule has 1 heterocycles. The minimum Gasteiger partial charge on any atom is -0.497 e. The van der Waals surface area contributed by atoms with Crippen LogP contribution >= 0.6 is 0 Å². The van der Waals surface area contributed by atoms with Gasteiger partial charge in [-0.15, -0.1) is 0 Å². The van der Waals surface area contributed by atoms with Crippen LogP contribution in [0.2, 0.25) is 0 Å². The van der Waals surface area contributed by atoms with Gasteiger partial charge in [-0.2, -0.15) is 5.26 Å². The molecule has 0 radical (unpaired) electrons. The normalized spacial score (nSPS) is 11.4. The molecule has 0 bridgehead atoms. The van der Waals surface area contributed by atoms with Gasteiger partial charge in [0.15, 0.2) is 0 Å². The molecular formula is C21H16N2O2. The second kappa shape index (κ2) is 5.95. The number of aromatic nitrogens is 1. The van der Waals surface area contributed by atoms with Crippen molar-refractivity contribution in [2.45, 2.75) is 6.42 Å². The zero-order valence-electron chi connectivity index (χ0n) is 14.0. The lowest BCUT2D eigenvalue weighted by atomic mass is 9.94. The van der Waals surface area contributed by atoms with Gasteiger partial charge < -0.3 is 9.47 Å². The van der Waals surface area contributed by atoms with Crippen molar-refractivity contribution in [1.82, 2.24) is 4.98 Å². The molecule has 0 saturated heterocycles. The van der Waals surface area contributed by atoms with E-state index in [4.69, 9.17) is 9.47 Å². The molecule has 0 amide bonds. The smallest absolute Gasteiger partial charge is 0.232 e. The SMILES string of the molecule is COc1cccc(-c2c(C#N)c(OC)nc3c2Cc2ccccc2-3)c1. The van der Waals surface area contributed by atoms with E-state index in [0.29, 0.717) is 11.4 Å². The van der Waals surface area contributed by atoms with E-state index in [2.05, 4.69) is 23.2 Å². The highest BCUT2D eigenvalue weighted by molar-refractivity contribution is 5.87. The predicted octanol–water partition coefficient (Wildman–Crippen LogP) is 4.21. The molecule has 0 fully saturated rings. The minimum atomic E-state index is 0.357. The molecule has 122 valence electrons. The lowest BCUT2D eigenvalue weighted by Gasteiger charge is -2.14. The fourth-order valence-corrected chi connectivity index (χ4v) is 3.44. The van der Waals surface area contributed by atoms with Crippen LogP contribution in [0.3, 0.4) is 0 Å². The molecule has 2 aromatic carbocycles. The number of benzene rings is 2. The summed E-state index contributed by atoms with van der Waals surface area (Å²) in [5.74, 6) is 1.11. The van der Waals surface area contributed by atoms with E-state index in [1.807, 2.05) is 36.4 Å². The maximum Gasteiger partial charge on any atom is 0.232 e. The summed E-state index contributed by atoms with van der Waals surface area (Å²) >= 11 is 0. The summed E-state index contributed by atoms with van der Waals surface area (Å²) < 4.78 is 10.8. The van der Waals surface area contributed by atoms with Gasteiger partial charge in [-0.25, -0.2) is 4.98 Å². The number of ether oxygens (including phenoxy) is 2. The van der Waals surface area contributed by atoms with Crippen molar-refractivity contribution in [3.63, 3.8) is 0 Å². The van der Waals surface area contributed by atoms with Gasteiger partial charge in [0.25, 0.3) is 0 Å². The summed E-state index contributed by atoms with van der Waals surface area (Å²) in [6.07, 6.45) is 0.754. The highest BCUT2D eigenvalue weighted by Gasteiger charge is 2.28. The van der Waals surface area contributed by atoms with Crippen LogP contribution in [-0.4, -0.2) is 19.2 Å². The van der Waals surface area contributed by atoms with Crippen molar-refractivity contribution in [3.05, 3.63) is 65.2 Å². The number of fused-ring (bicyclic) bond motifs is 3. The topological polar surface area (TPSA) is 55.1 Å². The molecule has 3 aromatic rings. The van der Waals surface area contributed by atoms with Gasteiger partial charge in [0.2, 0.25) is 5.88 Å². The molecule has 0 saturated carbocycles. The maximum absolute atomic E-state index is 9.77. The molecule has 0 aliphatic heterocycles. The molecular weight excluding hydrogens is 312 g/mol. The van der Waals surface area contributed by atoms with Crippen LogP contribution in [-0.2, 0) is 6.42 Å². The van der Waals surface area contributed by atoms with E-state index in [-0.39, 0.29) is 0 Å².